The minimum Gasteiger partial charge on any atom is -0.480 e. The first-order chi connectivity index (χ1) is 18.5. The van der Waals surface area contributed by atoms with Gasteiger partial charge in [0.15, 0.2) is 5.88 Å². The Balaban J connectivity index is 1.65. The number of amidine groups is 1. The highest BCUT2D eigenvalue weighted by atomic mass is 16.5. The van der Waals surface area contributed by atoms with E-state index in [4.69, 9.17) is 9.47 Å². The van der Waals surface area contributed by atoms with Crippen LogP contribution in [0.4, 0.5) is 5.69 Å². The Morgan fingerprint density at radius 3 is 2.39 bits per heavy atom. The van der Waals surface area contributed by atoms with E-state index in [9.17, 15) is 4.79 Å². The van der Waals surface area contributed by atoms with E-state index in [2.05, 4.69) is 60.0 Å². The lowest BCUT2D eigenvalue weighted by molar-refractivity contribution is 0.0527. The molecule has 0 saturated carbocycles. The molecule has 0 saturated heterocycles. The molecule has 0 atom stereocenters. The molecule has 38 heavy (non-hydrogen) atoms. The van der Waals surface area contributed by atoms with Crippen molar-refractivity contribution in [2.45, 2.75) is 27.3 Å². The zero-order valence-corrected chi connectivity index (χ0v) is 22.2. The number of rotatable bonds is 11. The molecule has 0 bridgehead atoms. The average Bonchev–Trinajstić information content (AvgIpc) is 3.42. The predicted octanol–water partition coefficient (Wildman–Crippen LogP) is 6.02. The second-order valence-electron chi connectivity index (χ2n) is 8.76. The molecule has 0 radical (unpaired) electrons. The fourth-order valence-corrected chi connectivity index (χ4v) is 4.44. The topological polar surface area (TPSA) is 66.4 Å². The summed E-state index contributed by atoms with van der Waals surface area (Å²) >= 11 is 0. The summed E-state index contributed by atoms with van der Waals surface area (Å²) in [5.41, 5.74) is 9.64. The van der Waals surface area contributed by atoms with Gasteiger partial charge in [-0.2, -0.15) is 0 Å². The number of carbonyl (C=O) groups is 1. The smallest absolute Gasteiger partial charge is 0.340 e. The average molecular weight is 511 g/mol. The Bertz CT molecular complexity index is 1350. The third kappa shape index (κ3) is 5.72. The number of nitrogens with zero attached hydrogens (tertiary/aromatic N) is 3. The van der Waals surface area contributed by atoms with Gasteiger partial charge in [-0.3, -0.25) is 10.4 Å². The number of hydrazine groups is 1. The van der Waals surface area contributed by atoms with Crippen LogP contribution in [0, 0.1) is 6.92 Å². The Kier molecular flexibility index (Phi) is 8.48. The summed E-state index contributed by atoms with van der Waals surface area (Å²) in [4.78, 5) is 19.3. The van der Waals surface area contributed by atoms with Crippen LogP contribution in [0.5, 0.6) is 0 Å². The monoisotopic (exact) mass is 510 g/mol. The van der Waals surface area contributed by atoms with E-state index in [0.29, 0.717) is 37.9 Å². The van der Waals surface area contributed by atoms with E-state index < -0.39 is 0 Å². The number of benzene rings is 3. The van der Waals surface area contributed by atoms with Crippen molar-refractivity contribution in [2.24, 2.45) is 4.99 Å². The standard InChI is InChI=1S/C31H34N4O3/c1-6-34-21-32-30(33-34)27-14-10-9-13-26(27)25-18-16-24(17-19-25)20-35(23(5)37-7-2)29-22(4)12-11-15-28(29)31(36)38-8-3/h6,9-19H,1,5,7-8,20-21H2,2-4H3,(H,32,33). The third-order valence-corrected chi connectivity index (χ3v) is 6.25. The third-order valence-electron chi connectivity index (χ3n) is 6.25. The SMILES string of the molecule is C=CN1CN=C(c2ccccc2-c2ccc(CN(C(=C)OCC)c3c(C)cccc3C(=O)OCC)cc2)N1. The van der Waals surface area contributed by atoms with Gasteiger partial charge in [-0.15, -0.1) is 0 Å². The Morgan fingerprint density at radius 1 is 1.03 bits per heavy atom. The van der Waals surface area contributed by atoms with Crippen molar-refractivity contribution >= 4 is 17.5 Å². The zero-order chi connectivity index (χ0) is 27.1. The highest BCUT2D eigenvalue weighted by Crippen LogP contribution is 2.32. The lowest BCUT2D eigenvalue weighted by Gasteiger charge is -2.29. The maximum Gasteiger partial charge on any atom is 0.340 e. The first-order valence-electron chi connectivity index (χ1n) is 12.7. The molecule has 0 amide bonds. The van der Waals surface area contributed by atoms with Gasteiger partial charge in [0.2, 0.25) is 0 Å². The number of ether oxygens (including phenoxy) is 2. The van der Waals surface area contributed by atoms with E-state index in [1.807, 2.05) is 48.0 Å². The van der Waals surface area contributed by atoms with Crippen LogP contribution >= 0.6 is 0 Å². The van der Waals surface area contributed by atoms with Crippen LogP contribution < -0.4 is 10.3 Å². The fraction of sp³-hybridized carbons (Fsp3) is 0.226. The largest absolute Gasteiger partial charge is 0.480 e. The number of anilines is 1. The molecular formula is C31H34N4O3. The Labute approximate surface area is 224 Å². The van der Waals surface area contributed by atoms with Gasteiger partial charge in [0.25, 0.3) is 0 Å². The van der Waals surface area contributed by atoms with Crippen LogP contribution in [0.15, 0.2) is 97.0 Å². The molecule has 3 aromatic carbocycles. The van der Waals surface area contributed by atoms with Crippen molar-refractivity contribution < 1.29 is 14.3 Å². The number of aryl methyl sites for hydroxylation is 1. The molecule has 0 aromatic heterocycles. The maximum absolute atomic E-state index is 12.8. The summed E-state index contributed by atoms with van der Waals surface area (Å²) < 4.78 is 11.1. The first kappa shape index (κ1) is 26.5. The fourth-order valence-electron chi connectivity index (χ4n) is 4.44. The first-order valence-corrected chi connectivity index (χ1v) is 12.7. The van der Waals surface area contributed by atoms with E-state index in [1.165, 1.54) is 0 Å². The molecular weight excluding hydrogens is 476 g/mol. The molecule has 3 aromatic rings. The van der Waals surface area contributed by atoms with Gasteiger partial charge >= 0.3 is 5.97 Å². The summed E-state index contributed by atoms with van der Waals surface area (Å²) in [5, 5.41) is 1.84. The number of hydrogen-bond donors (Lipinski definition) is 1. The Hall–Kier alpha value is -4.52. The summed E-state index contributed by atoms with van der Waals surface area (Å²) in [5.74, 6) is 0.916. The van der Waals surface area contributed by atoms with Gasteiger partial charge in [0, 0.05) is 11.8 Å². The minimum atomic E-state index is -0.370. The quantitative estimate of drug-likeness (QED) is 0.251. The molecule has 0 fully saturated rings. The maximum atomic E-state index is 12.8. The highest BCUT2D eigenvalue weighted by molar-refractivity contribution is 6.05. The van der Waals surface area contributed by atoms with Gasteiger partial charge in [-0.1, -0.05) is 67.2 Å². The van der Waals surface area contributed by atoms with Gasteiger partial charge in [-0.25, -0.2) is 9.79 Å². The molecule has 0 aliphatic carbocycles. The molecule has 1 N–H and O–H groups in total. The Morgan fingerprint density at radius 2 is 1.74 bits per heavy atom. The summed E-state index contributed by atoms with van der Waals surface area (Å²) in [6, 6.07) is 22.2. The lowest BCUT2D eigenvalue weighted by atomic mass is 9.98. The number of para-hydroxylation sites is 1. The molecule has 196 valence electrons. The van der Waals surface area contributed by atoms with Gasteiger partial charge in [0.1, 0.15) is 12.5 Å². The molecule has 0 unspecified atom stereocenters. The normalized spacial score (nSPS) is 12.4. The second kappa shape index (κ2) is 12.1. The summed E-state index contributed by atoms with van der Waals surface area (Å²) in [7, 11) is 0. The molecule has 1 aliphatic rings. The van der Waals surface area contributed by atoms with E-state index in [1.54, 1.807) is 19.2 Å². The van der Waals surface area contributed by atoms with Crippen molar-refractivity contribution in [3.63, 3.8) is 0 Å². The summed E-state index contributed by atoms with van der Waals surface area (Å²) in [6.45, 7) is 15.4. The van der Waals surface area contributed by atoms with Gasteiger partial charge < -0.3 is 14.4 Å². The van der Waals surface area contributed by atoms with Crippen molar-refractivity contribution in [1.82, 2.24) is 10.4 Å². The zero-order valence-electron chi connectivity index (χ0n) is 22.2. The van der Waals surface area contributed by atoms with E-state index in [0.717, 1.165) is 39.3 Å². The highest BCUT2D eigenvalue weighted by Gasteiger charge is 2.23. The van der Waals surface area contributed by atoms with Crippen molar-refractivity contribution in [3.8, 4) is 11.1 Å². The second-order valence-corrected chi connectivity index (χ2v) is 8.76. The van der Waals surface area contributed by atoms with Crippen LogP contribution in [-0.4, -0.2) is 36.7 Å². The molecule has 4 rings (SSSR count). The van der Waals surface area contributed by atoms with Crippen LogP contribution in [0.1, 0.15) is 40.9 Å². The number of hydrogen-bond acceptors (Lipinski definition) is 7. The summed E-state index contributed by atoms with van der Waals surface area (Å²) in [6.07, 6.45) is 1.72. The molecule has 7 heteroatoms. The lowest BCUT2D eigenvalue weighted by Crippen LogP contribution is -2.31. The number of nitrogens with one attached hydrogen (secondary N) is 1. The van der Waals surface area contributed by atoms with Crippen LogP contribution in [-0.2, 0) is 16.0 Å². The van der Waals surface area contributed by atoms with Gasteiger partial charge in [0.05, 0.1) is 31.0 Å². The van der Waals surface area contributed by atoms with E-state index >= 15 is 0 Å². The van der Waals surface area contributed by atoms with Crippen molar-refractivity contribution in [2.75, 3.05) is 24.8 Å². The minimum absolute atomic E-state index is 0.301. The van der Waals surface area contributed by atoms with Crippen LogP contribution in [0.3, 0.4) is 0 Å². The molecule has 7 nitrogen and oxygen atoms in total. The number of carbonyl (C=O) groups excluding carboxylic acids is 1. The van der Waals surface area contributed by atoms with Crippen LogP contribution in [0.25, 0.3) is 11.1 Å². The van der Waals surface area contributed by atoms with Crippen molar-refractivity contribution in [3.05, 3.63) is 114 Å². The number of esters is 1. The van der Waals surface area contributed by atoms with E-state index in [-0.39, 0.29) is 5.97 Å². The molecule has 1 aliphatic heterocycles. The van der Waals surface area contributed by atoms with Gasteiger partial charge in [-0.05, 0) is 55.7 Å². The molecule has 0 spiro atoms. The molecule has 1 heterocycles. The van der Waals surface area contributed by atoms with Crippen LogP contribution in [0.2, 0.25) is 0 Å². The number of aliphatic imine (C=N–C) groups is 1. The predicted molar refractivity (Wildman–Crippen MR) is 153 cm³/mol. The van der Waals surface area contributed by atoms with Crippen molar-refractivity contribution in [1.29, 1.82) is 0 Å².